The molecule has 0 bridgehead atoms. The first kappa shape index (κ1) is 16.1. The predicted molar refractivity (Wildman–Crippen MR) is 78.1 cm³/mol. The fraction of sp³-hybridized carbons (Fsp3) is 0.571. The van der Waals surface area contributed by atoms with Crippen molar-refractivity contribution >= 4 is 9.84 Å². The molecule has 5 heteroatoms. The Morgan fingerprint density at radius 2 is 1.89 bits per heavy atom. The molecule has 4 nitrogen and oxygen atoms in total. The van der Waals surface area contributed by atoms with Crippen molar-refractivity contribution in [3.8, 4) is 0 Å². The lowest BCUT2D eigenvalue weighted by Crippen LogP contribution is -2.30. The Morgan fingerprint density at radius 1 is 1.26 bits per heavy atom. The second-order valence-electron chi connectivity index (χ2n) is 4.63. The molecule has 1 aromatic carbocycles. The number of benzene rings is 1. The molecule has 0 fully saturated rings. The Morgan fingerprint density at radius 3 is 2.42 bits per heavy atom. The van der Waals surface area contributed by atoms with Crippen LogP contribution in [0.1, 0.15) is 24.1 Å². The first-order valence-electron chi connectivity index (χ1n) is 6.48. The van der Waals surface area contributed by atoms with Gasteiger partial charge in [-0.3, -0.25) is 0 Å². The summed E-state index contributed by atoms with van der Waals surface area (Å²) in [5.74, 6) is 0.171. The molecule has 1 N–H and O–H groups in total. The van der Waals surface area contributed by atoms with Gasteiger partial charge >= 0.3 is 0 Å². The number of methoxy groups -OCH3 is 1. The van der Waals surface area contributed by atoms with E-state index in [1.807, 2.05) is 38.1 Å². The normalized spacial score (nSPS) is 13.4. The quantitative estimate of drug-likeness (QED) is 0.790. The van der Waals surface area contributed by atoms with Gasteiger partial charge in [-0.05, 0) is 19.0 Å². The fourth-order valence-electron chi connectivity index (χ4n) is 1.87. The molecule has 1 rings (SSSR count). The van der Waals surface area contributed by atoms with Crippen molar-refractivity contribution in [1.29, 1.82) is 0 Å². The fourth-order valence-corrected chi connectivity index (χ4v) is 3.27. The Hall–Kier alpha value is -0.910. The monoisotopic (exact) mass is 285 g/mol. The first-order chi connectivity index (χ1) is 8.98. The minimum Gasteiger partial charge on any atom is -0.384 e. The van der Waals surface area contributed by atoms with E-state index in [1.54, 1.807) is 0 Å². The van der Waals surface area contributed by atoms with Crippen LogP contribution in [0, 0.1) is 6.92 Å². The molecular formula is C14H23NO3S. The molecule has 0 saturated carbocycles. The Labute approximate surface area is 116 Å². The maximum atomic E-state index is 12.0. The average Bonchev–Trinajstić information content (AvgIpc) is 2.37. The lowest BCUT2D eigenvalue weighted by atomic mass is 10.1. The Bertz CT molecular complexity index is 468. The van der Waals surface area contributed by atoms with Gasteiger partial charge in [-0.2, -0.15) is 0 Å². The Balaban J connectivity index is 2.80. The van der Waals surface area contributed by atoms with E-state index in [-0.39, 0.29) is 24.2 Å². The van der Waals surface area contributed by atoms with Crippen LogP contribution in [0.4, 0.5) is 0 Å². The van der Waals surface area contributed by atoms with Crippen molar-refractivity contribution in [3.05, 3.63) is 35.4 Å². The van der Waals surface area contributed by atoms with E-state index in [0.29, 0.717) is 0 Å². The molecule has 1 unspecified atom stereocenters. The zero-order valence-corrected chi connectivity index (χ0v) is 12.7. The van der Waals surface area contributed by atoms with E-state index < -0.39 is 9.84 Å². The summed E-state index contributed by atoms with van der Waals surface area (Å²) in [6.07, 6.45) is 0. The third-order valence-electron chi connectivity index (χ3n) is 2.95. The zero-order valence-electron chi connectivity index (χ0n) is 11.8. The van der Waals surface area contributed by atoms with Gasteiger partial charge in [0.25, 0.3) is 0 Å². The third-order valence-corrected chi connectivity index (χ3v) is 4.58. The molecule has 108 valence electrons. The van der Waals surface area contributed by atoms with Gasteiger partial charge in [-0.25, -0.2) is 8.42 Å². The van der Waals surface area contributed by atoms with Crippen LogP contribution in [0.3, 0.4) is 0 Å². The van der Waals surface area contributed by atoms with Crippen molar-refractivity contribution < 1.29 is 13.2 Å². The number of rotatable bonds is 8. The third kappa shape index (κ3) is 5.72. The Kier molecular flexibility index (Phi) is 6.48. The van der Waals surface area contributed by atoms with Crippen molar-refractivity contribution in [2.24, 2.45) is 0 Å². The summed E-state index contributed by atoms with van der Waals surface area (Å²) in [4.78, 5) is 0. The molecule has 1 atom stereocenters. The van der Waals surface area contributed by atoms with E-state index in [0.717, 1.165) is 12.1 Å². The number of hydrogen-bond acceptors (Lipinski definition) is 4. The molecular weight excluding hydrogens is 262 g/mol. The van der Waals surface area contributed by atoms with Crippen LogP contribution in [0.2, 0.25) is 0 Å². The van der Waals surface area contributed by atoms with E-state index in [4.69, 9.17) is 4.74 Å². The summed E-state index contributed by atoms with van der Waals surface area (Å²) >= 11 is 0. The van der Waals surface area contributed by atoms with Crippen molar-refractivity contribution in [2.75, 3.05) is 31.8 Å². The molecule has 0 heterocycles. The lowest BCUT2D eigenvalue weighted by molar-refractivity contribution is 0.217. The van der Waals surface area contributed by atoms with Gasteiger partial charge in [0.15, 0.2) is 9.84 Å². The number of hydrogen-bond donors (Lipinski definition) is 1. The molecule has 0 saturated heterocycles. The highest BCUT2D eigenvalue weighted by molar-refractivity contribution is 7.91. The van der Waals surface area contributed by atoms with Crippen LogP contribution >= 0.6 is 0 Å². The van der Waals surface area contributed by atoms with Crippen LogP contribution in [0.25, 0.3) is 0 Å². The van der Waals surface area contributed by atoms with Crippen LogP contribution in [-0.4, -0.2) is 40.2 Å². The molecule has 0 aromatic heterocycles. The minimum absolute atomic E-state index is 0.0667. The summed E-state index contributed by atoms with van der Waals surface area (Å²) in [6.45, 7) is 4.97. The van der Waals surface area contributed by atoms with E-state index in [9.17, 15) is 8.42 Å². The maximum Gasteiger partial charge on any atom is 0.154 e. The van der Waals surface area contributed by atoms with Gasteiger partial charge in [-0.1, -0.05) is 36.8 Å². The van der Waals surface area contributed by atoms with E-state index in [1.165, 1.54) is 12.7 Å². The van der Waals surface area contributed by atoms with Gasteiger partial charge in [0.2, 0.25) is 0 Å². The van der Waals surface area contributed by atoms with E-state index in [2.05, 4.69) is 5.32 Å². The zero-order chi connectivity index (χ0) is 14.3. The van der Waals surface area contributed by atoms with Crippen LogP contribution in [-0.2, 0) is 14.6 Å². The molecule has 0 aliphatic carbocycles. The number of aryl methyl sites for hydroxylation is 1. The van der Waals surface area contributed by atoms with Crippen LogP contribution < -0.4 is 5.32 Å². The summed E-state index contributed by atoms with van der Waals surface area (Å²) in [7, 11) is -1.60. The summed E-state index contributed by atoms with van der Waals surface area (Å²) in [6, 6.07) is 7.80. The van der Waals surface area contributed by atoms with Gasteiger partial charge < -0.3 is 10.1 Å². The molecule has 0 amide bonds. The molecule has 0 aliphatic rings. The summed E-state index contributed by atoms with van der Waals surface area (Å²) < 4.78 is 28.8. The lowest BCUT2D eigenvalue weighted by Gasteiger charge is -2.18. The average molecular weight is 285 g/mol. The van der Waals surface area contributed by atoms with Gasteiger partial charge in [0.05, 0.1) is 18.1 Å². The molecule has 1 aromatic rings. The first-order valence-corrected chi connectivity index (χ1v) is 8.30. The summed E-state index contributed by atoms with van der Waals surface area (Å²) in [5.41, 5.74) is 2.18. The van der Waals surface area contributed by atoms with Gasteiger partial charge in [0, 0.05) is 13.2 Å². The second-order valence-corrected chi connectivity index (χ2v) is 6.86. The largest absolute Gasteiger partial charge is 0.384 e. The second kappa shape index (κ2) is 7.62. The molecule has 0 spiro atoms. The topological polar surface area (TPSA) is 55.4 Å². The smallest absolute Gasteiger partial charge is 0.154 e. The number of sulfone groups is 1. The van der Waals surface area contributed by atoms with Crippen LogP contribution in [0.15, 0.2) is 24.3 Å². The number of ether oxygens (including phenoxy) is 1. The van der Waals surface area contributed by atoms with Gasteiger partial charge in [0.1, 0.15) is 0 Å². The highest BCUT2D eigenvalue weighted by Crippen LogP contribution is 2.16. The standard InChI is InChI=1S/C14H23NO3S/c1-4-15-14(11-19(16,17)10-9-18-3)13-7-5-12(2)6-8-13/h5-8,14-15H,4,9-11H2,1-3H3. The van der Waals surface area contributed by atoms with Crippen LogP contribution in [0.5, 0.6) is 0 Å². The van der Waals surface area contributed by atoms with Crippen molar-refractivity contribution in [3.63, 3.8) is 0 Å². The van der Waals surface area contributed by atoms with Crippen molar-refractivity contribution in [1.82, 2.24) is 5.32 Å². The highest BCUT2D eigenvalue weighted by atomic mass is 32.2. The highest BCUT2D eigenvalue weighted by Gasteiger charge is 2.19. The minimum atomic E-state index is -3.11. The van der Waals surface area contributed by atoms with Gasteiger partial charge in [-0.15, -0.1) is 0 Å². The van der Waals surface area contributed by atoms with E-state index >= 15 is 0 Å². The van der Waals surface area contributed by atoms with Crippen molar-refractivity contribution in [2.45, 2.75) is 19.9 Å². The molecule has 19 heavy (non-hydrogen) atoms. The number of nitrogens with one attached hydrogen (secondary N) is 1. The predicted octanol–water partition coefficient (Wildman–Crippen LogP) is 1.71. The molecule has 0 aliphatic heterocycles. The maximum absolute atomic E-state index is 12.0. The SMILES string of the molecule is CCNC(CS(=O)(=O)CCOC)c1ccc(C)cc1. The summed E-state index contributed by atoms with van der Waals surface area (Å²) in [5, 5.41) is 3.23. The molecule has 0 radical (unpaired) electrons.